The summed E-state index contributed by atoms with van der Waals surface area (Å²) in [4.78, 5) is 17.1. The number of nitrogens with one attached hydrogen (secondary N) is 1. The summed E-state index contributed by atoms with van der Waals surface area (Å²) in [5.41, 5.74) is 3.39. The molecule has 0 fully saturated rings. The molecule has 1 unspecified atom stereocenters. The number of ether oxygens (including phenoxy) is 2. The van der Waals surface area contributed by atoms with Crippen LogP contribution >= 0.6 is 0 Å². The summed E-state index contributed by atoms with van der Waals surface area (Å²) in [6.45, 7) is 0.448. The van der Waals surface area contributed by atoms with E-state index in [1.54, 1.807) is 25.4 Å². The van der Waals surface area contributed by atoms with Crippen molar-refractivity contribution in [3.63, 3.8) is 0 Å². The van der Waals surface area contributed by atoms with E-state index in [0.29, 0.717) is 18.2 Å². The number of nitrogens with zero attached hydrogens (tertiary/aromatic N) is 1. The molecule has 5 nitrogen and oxygen atoms in total. The van der Waals surface area contributed by atoms with Crippen LogP contribution in [0.5, 0.6) is 17.4 Å². The number of fused-ring (bicyclic) bond motifs is 1. The number of carbonyl (C=O) groups is 1. The summed E-state index contributed by atoms with van der Waals surface area (Å²) in [6, 6.07) is 19.3. The second-order valence-electron chi connectivity index (χ2n) is 7.15. The van der Waals surface area contributed by atoms with Gasteiger partial charge in [0, 0.05) is 24.9 Å². The molecule has 29 heavy (non-hydrogen) atoms. The van der Waals surface area contributed by atoms with E-state index >= 15 is 0 Å². The number of carbonyl (C=O) groups excluding carboxylic acids is 1. The first-order chi connectivity index (χ1) is 14.2. The van der Waals surface area contributed by atoms with Crippen molar-refractivity contribution in [2.75, 3.05) is 7.11 Å². The molecule has 1 aliphatic carbocycles. The maximum absolute atomic E-state index is 12.7. The summed E-state index contributed by atoms with van der Waals surface area (Å²) in [5.74, 6) is 1.90. The van der Waals surface area contributed by atoms with Crippen molar-refractivity contribution in [2.45, 2.75) is 31.7 Å². The first-order valence-corrected chi connectivity index (χ1v) is 9.85. The Bertz CT molecular complexity index is 985. The van der Waals surface area contributed by atoms with Gasteiger partial charge in [0.05, 0.1) is 13.0 Å². The number of amides is 1. The lowest BCUT2D eigenvalue weighted by atomic mass is 9.82. The van der Waals surface area contributed by atoms with Crippen molar-refractivity contribution in [3.05, 3.63) is 83.6 Å². The SMILES string of the molecule is COc1cccc(Oc2ccc(CNC(=O)C3CCCc4ccccc43)cn2)c1. The summed E-state index contributed by atoms with van der Waals surface area (Å²) in [6.07, 6.45) is 4.73. The van der Waals surface area contributed by atoms with E-state index in [1.807, 2.05) is 36.4 Å². The Balaban J connectivity index is 1.35. The van der Waals surface area contributed by atoms with E-state index in [0.717, 1.165) is 36.1 Å². The maximum Gasteiger partial charge on any atom is 0.227 e. The van der Waals surface area contributed by atoms with Gasteiger partial charge in [-0.2, -0.15) is 0 Å². The zero-order valence-electron chi connectivity index (χ0n) is 16.4. The van der Waals surface area contributed by atoms with E-state index in [2.05, 4.69) is 22.4 Å². The molecule has 5 heteroatoms. The minimum Gasteiger partial charge on any atom is -0.497 e. The number of pyridine rings is 1. The Kier molecular flexibility index (Phi) is 5.75. The number of aromatic nitrogens is 1. The van der Waals surface area contributed by atoms with E-state index in [-0.39, 0.29) is 11.8 Å². The molecule has 148 valence electrons. The number of aryl methyl sites for hydroxylation is 1. The second-order valence-corrected chi connectivity index (χ2v) is 7.15. The highest BCUT2D eigenvalue weighted by Crippen LogP contribution is 2.31. The van der Waals surface area contributed by atoms with Crippen LogP contribution in [0.15, 0.2) is 66.9 Å². The predicted octanol–water partition coefficient (Wildman–Crippen LogP) is 4.62. The first kappa shape index (κ1) is 19.0. The van der Waals surface area contributed by atoms with Crippen LogP contribution in [0.1, 0.15) is 35.4 Å². The zero-order chi connectivity index (χ0) is 20.1. The molecule has 1 aliphatic rings. The van der Waals surface area contributed by atoms with Gasteiger partial charge in [-0.05, 0) is 48.1 Å². The Morgan fingerprint density at radius 1 is 1.10 bits per heavy atom. The van der Waals surface area contributed by atoms with E-state index < -0.39 is 0 Å². The third kappa shape index (κ3) is 4.57. The monoisotopic (exact) mass is 388 g/mol. The van der Waals surface area contributed by atoms with Crippen molar-refractivity contribution in [1.29, 1.82) is 0 Å². The van der Waals surface area contributed by atoms with Crippen molar-refractivity contribution in [1.82, 2.24) is 10.3 Å². The molecule has 1 amide bonds. The smallest absolute Gasteiger partial charge is 0.227 e. The van der Waals surface area contributed by atoms with Gasteiger partial charge in [0.25, 0.3) is 0 Å². The van der Waals surface area contributed by atoms with Gasteiger partial charge in [0.2, 0.25) is 11.8 Å². The van der Waals surface area contributed by atoms with Crippen molar-refractivity contribution in [3.8, 4) is 17.4 Å². The topological polar surface area (TPSA) is 60.5 Å². The second kappa shape index (κ2) is 8.78. The quantitative estimate of drug-likeness (QED) is 0.669. The van der Waals surface area contributed by atoms with Crippen LogP contribution in [-0.2, 0) is 17.8 Å². The Morgan fingerprint density at radius 3 is 2.79 bits per heavy atom. The fourth-order valence-corrected chi connectivity index (χ4v) is 3.70. The average Bonchev–Trinajstić information content (AvgIpc) is 2.78. The number of benzene rings is 2. The molecule has 0 bridgehead atoms. The number of rotatable bonds is 6. The van der Waals surface area contributed by atoms with E-state index in [9.17, 15) is 4.79 Å². The van der Waals surface area contributed by atoms with Crippen molar-refractivity contribution >= 4 is 5.91 Å². The highest BCUT2D eigenvalue weighted by molar-refractivity contribution is 5.84. The van der Waals surface area contributed by atoms with Crippen LogP contribution in [0, 0.1) is 0 Å². The highest BCUT2D eigenvalue weighted by Gasteiger charge is 2.25. The van der Waals surface area contributed by atoms with Gasteiger partial charge in [0.15, 0.2) is 0 Å². The largest absolute Gasteiger partial charge is 0.497 e. The van der Waals surface area contributed by atoms with Crippen LogP contribution in [0.25, 0.3) is 0 Å². The van der Waals surface area contributed by atoms with E-state index in [4.69, 9.17) is 9.47 Å². The molecule has 1 atom stereocenters. The fourth-order valence-electron chi connectivity index (χ4n) is 3.70. The molecule has 1 heterocycles. The van der Waals surface area contributed by atoms with Crippen LogP contribution in [0.4, 0.5) is 0 Å². The Morgan fingerprint density at radius 2 is 1.97 bits per heavy atom. The molecule has 0 saturated heterocycles. The minimum absolute atomic E-state index is 0.0661. The minimum atomic E-state index is -0.0661. The lowest BCUT2D eigenvalue weighted by Crippen LogP contribution is -2.31. The molecule has 0 saturated carbocycles. The molecular weight excluding hydrogens is 364 g/mol. The van der Waals surface area contributed by atoms with Gasteiger partial charge in [0.1, 0.15) is 11.5 Å². The molecular formula is C24H24N2O3. The van der Waals surface area contributed by atoms with Crippen LogP contribution < -0.4 is 14.8 Å². The molecule has 0 aliphatic heterocycles. The zero-order valence-corrected chi connectivity index (χ0v) is 16.4. The third-order valence-corrected chi connectivity index (χ3v) is 5.21. The van der Waals surface area contributed by atoms with Gasteiger partial charge in [-0.25, -0.2) is 4.98 Å². The molecule has 0 spiro atoms. The van der Waals surface area contributed by atoms with Crippen molar-refractivity contribution in [2.24, 2.45) is 0 Å². The Labute approximate surface area is 170 Å². The summed E-state index contributed by atoms with van der Waals surface area (Å²) >= 11 is 0. The van der Waals surface area contributed by atoms with Gasteiger partial charge in [-0.15, -0.1) is 0 Å². The molecule has 2 aromatic carbocycles. The highest BCUT2D eigenvalue weighted by atomic mass is 16.5. The standard InChI is InChI=1S/C24H24N2O3/c1-28-19-8-5-9-20(14-19)29-23-13-12-17(15-25-23)16-26-24(27)22-11-4-7-18-6-2-3-10-21(18)22/h2-3,5-6,8-10,12-15,22H,4,7,11,16H2,1H3,(H,26,27). The summed E-state index contributed by atoms with van der Waals surface area (Å²) in [5, 5.41) is 3.06. The molecule has 1 aromatic heterocycles. The first-order valence-electron chi connectivity index (χ1n) is 9.85. The van der Waals surface area contributed by atoms with E-state index in [1.165, 1.54) is 5.56 Å². The van der Waals surface area contributed by atoms with Gasteiger partial charge >= 0.3 is 0 Å². The lowest BCUT2D eigenvalue weighted by Gasteiger charge is -2.24. The normalized spacial score (nSPS) is 15.3. The number of methoxy groups -OCH3 is 1. The lowest BCUT2D eigenvalue weighted by molar-refractivity contribution is -0.123. The summed E-state index contributed by atoms with van der Waals surface area (Å²) < 4.78 is 11.0. The molecule has 3 aromatic rings. The Hall–Kier alpha value is -3.34. The predicted molar refractivity (Wildman–Crippen MR) is 111 cm³/mol. The van der Waals surface area contributed by atoms with Gasteiger partial charge < -0.3 is 14.8 Å². The summed E-state index contributed by atoms with van der Waals surface area (Å²) in [7, 11) is 1.62. The van der Waals surface area contributed by atoms with Crippen molar-refractivity contribution < 1.29 is 14.3 Å². The third-order valence-electron chi connectivity index (χ3n) is 5.21. The van der Waals surface area contributed by atoms with Crippen LogP contribution in [-0.4, -0.2) is 18.0 Å². The average molecular weight is 388 g/mol. The van der Waals surface area contributed by atoms with Gasteiger partial charge in [-0.1, -0.05) is 36.4 Å². The maximum atomic E-state index is 12.7. The van der Waals surface area contributed by atoms with Gasteiger partial charge in [-0.3, -0.25) is 4.79 Å². The van der Waals surface area contributed by atoms with Crippen LogP contribution in [0.2, 0.25) is 0 Å². The van der Waals surface area contributed by atoms with Crippen LogP contribution in [0.3, 0.4) is 0 Å². The molecule has 1 N–H and O–H groups in total. The number of hydrogen-bond donors (Lipinski definition) is 1. The molecule has 4 rings (SSSR count). The fraction of sp³-hybridized carbons (Fsp3) is 0.250. The molecule has 0 radical (unpaired) electrons. The number of hydrogen-bond acceptors (Lipinski definition) is 4.